The van der Waals surface area contributed by atoms with Gasteiger partial charge in [-0.2, -0.15) is 0 Å². The number of fused-ring (bicyclic) bond motifs is 1. The third kappa shape index (κ3) is 7.24. The first-order chi connectivity index (χ1) is 23.2. The van der Waals surface area contributed by atoms with Gasteiger partial charge in [0.1, 0.15) is 24.5 Å². The Labute approximate surface area is 300 Å². The molecule has 0 radical (unpaired) electrons. The van der Waals surface area contributed by atoms with Crippen molar-refractivity contribution in [2.45, 2.75) is 27.1 Å². The minimum atomic E-state index is -0.831. The van der Waals surface area contributed by atoms with Crippen LogP contribution in [-0.4, -0.2) is 24.5 Å². The van der Waals surface area contributed by atoms with Crippen molar-refractivity contribution < 1.29 is 28.6 Å². The molecule has 1 saturated heterocycles. The van der Waals surface area contributed by atoms with Crippen LogP contribution in [0.15, 0.2) is 107 Å². The van der Waals surface area contributed by atoms with Crippen molar-refractivity contribution in [2.75, 3.05) is 11.5 Å². The van der Waals surface area contributed by atoms with Crippen molar-refractivity contribution in [3.63, 3.8) is 0 Å². The lowest BCUT2D eigenvalue weighted by Gasteiger charge is -2.26. The van der Waals surface area contributed by atoms with E-state index in [2.05, 4.69) is 75.0 Å². The van der Waals surface area contributed by atoms with Crippen LogP contribution in [0.5, 0.6) is 17.2 Å². The van der Waals surface area contributed by atoms with Gasteiger partial charge >= 0.3 is 6.03 Å². The normalized spacial score (nSPS) is 14.0. The number of imide groups is 2. The van der Waals surface area contributed by atoms with Crippen LogP contribution in [0.3, 0.4) is 0 Å². The molecule has 0 aromatic heterocycles. The lowest BCUT2D eigenvalue weighted by molar-refractivity contribution is -0.122. The largest absolute Gasteiger partial charge is 0.490 e. The highest BCUT2D eigenvalue weighted by molar-refractivity contribution is 14.1. The SMILES string of the molecule is CCOc1cc(/C=C2\C(=O)NC(=O)N(c3ccc(OCc4ccc(Br)cc4)cc3)C2=O)cc(I)c1OCc1c(C)ccc2ccccc12. The number of carbonyl (C=O) groups is 3. The summed E-state index contributed by atoms with van der Waals surface area (Å²) in [6.45, 7) is 4.99. The maximum Gasteiger partial charge on any atom is 0.335 e. The van der Waals surface area contributed by atoms with Gasteiger partial charge in [0.05, 0.1) is 15.9 Å². The van der Waals surface area contributed by atoms with E-state index in [9.17, 15) is 14.4 Å². The number of hydrogen-bond donors (Lipinski definition) is 1. The molecule has 8 nitrogen and oxygen atoms in total. The summed E-state index contributed by atoms with van der Waals surface area (Å²) in [6, 6.07) is 29.4. The molecule has 0 bridgehead atoms. The van der Waals surface area contributed by atoms with Crippen LogP contribution in [0.4, 0.5) is 10.5 Å². The Balaban J connectivity index is 1.23. The molecular weight excluding hydrogens is 787 g/mol. The van der Waals surface area contributed by atoms with E-state index in [4.69, 9.17) is 14.2 Å². The van der Waals surface area contributed by atoms with Crippen LogP contribution in [0, 0.1) is 10.5 Å². The van der Waals surface area contributed by atoms with Crippen molar-refractivity contribution in [1.29, 1.82) is 0 Å². The van der Waals surface area contributed by atoms with Crippen molar-refractivity contribution in [3.05, 3.63) is 133 Å². The molecular formula is C38H30BrIN2O6. The van der Waals surface area contributed by atoms with Gasteiger partial charge in [-0.05, 0) is 119 Å². The lowest BCUT2D eigenvalue weighted by Crippen LogP contribution is -2.54. The van der Waals surface area contributed by atoms with E-state index in [-0.39, 0.29) is 5.57 Å². The zero-order valence-corrected chi connectivity index (χ0v) is 29.8. The van der Waals surface area contributed by atoms with Gasteiger partial charge in [0.15, 0.2) is 11.5 Å². The molecule has 0 unspecified atom stereocenters. The van der Waals surface area contributed by atoms with Gasteiger partial charge in [-0.3, -0.25) is 14.9 Å². The van der Waals surface area contributed by atoms with Crippen LogP contribution < -0.4 is 24.4 Å². The fraction of sp³-hybridized carbons (Fsp3) is 0.132. The number of amides is 4. The van der Waals surface area contributed by atoms with Crippen LogP contribution >= 0.6 is 38.5 Å². The zero-order chi connectivity index (χ0) is 33.8. The second-order valence-electron chi connectivity index (χ2n) is 11.0. The molecule has 0 atom stereocenters. The minimum absolute atomic E-state index is 0.191. The Morgan fingerprint density at radius 3 is 2.35 bits per heavy atom. The molecule has 1 N–H and O–H groups in total. The number of nitrogens with zero attached hydrogens (tertiary/aromatic N) is 1. The molecule has 10 heteroatoms. The number of aryl methyl sites for hydroxylation is 1. The summed E-state index contributed by atoms with van der Waals surface area (Å²) in [6.07, 6.45) is 1.45. The summed E-state index contributed by atoms with van der Waals surface area (Å²) in [7, 11) is 0. The van der Waals surface area contributed by atoms with Crippen LogP contribution in [0.2, 0.25) is 0 Å². The zero-order valence-electron chi connectivity index (χ0n) is 26.1. The first-order valence-electron chi connectivity index (χ1n) is 15.2. The number of carbonyl (C=O) groups excluding carboxylic acids is 3. The number of halogens is 2. The smallest absolute Gasteiger partial charge is 0.335 e. The quantitative estimate of drug-likeness (QED) is 0.0862. The summed E-state index contributed by atoms with van der Waals surface area (Å²) in [5.41, 5.74) is 3.83. The average Bonchev–Trinajstić information content (AvgIpc) is 3.07. The number of hydrogen-bond acceptors (Lipinski definition) is 6. The Morgan fingerprint density at radius 1 is 0.854 bits per heavy atom. The van der Waals surface area contributed by atoms with Gasteiger partial charge in [0.2, 0.25) is 0 Å². The molecule has 0 spiro atoms. The van der Waals surface area contributed by atoms with Gasteiger partial charge < -0.3 is 14.2 Å². The molecule has 0 saturated carbocycles. The fourth-order valence-electron chi connectivity index (χ4n) is 5.35. The predicted molar refractivity (Wildman–Crippen MR) is 197 cm³/mol. The maximum absolute atomic E-state index is 13.6. The van der Waals surface area contributed by atoms with Crippen LogP contribution in [0.1, 0.15) is 29.2 Å². The molecule has 1 heterocycles. The van der Waals surface area contributed by atoms with Gasteiger partial charge in [-0.25, -0.2) is 9.69 Å². The Bertz CT molecular complexity index is 2060. The van der Waals surface area contributed by atoms with E-state index in [0.717, 1.165) is 40.4 Å². The molecule has 4 amide bonds. The van der Waals surface area contributed by atoms with Crippen molar-refractivity contribution >= 4 is 78.9 Å². The van der Waals surface area contributed by atoms with Gasteiger partial charge in [0, 0.05) is 10.0 Å². The lowest BCUT2D eigenvalue weighted by atomic mass is 10.0. The highest BCUT2D eigenvalue weighted by atomic mass is 127. The molecule has 1 fully saturated rings. The average molecular weight is 817 g/mol. The monoisotopic (exact) mass is 816 g/mol. The standard InChI is InChI=1S/C38H30BrIN2O6/c1-3-46-34-20-25(19-33(40)35(34)48-22-32-23(2)8-11-26-6-4-5-7-30(26)32)18-31-36(43)41-38(45)42(37(31)44)28-14-16-29(17-15-28)47-21-24-9-12-27(39)13-10-24/h4-20H,3,21-22H2,1-2H3,(H,41,43,45)/b31-18+. The Morgan fingerprint density at radius 2 is 1.60 bits per heavy atom. The van der Waals surface area contributed by atoms with Crippen molar-refractivity contribution in [2.24, 2.45) is 0 Å². The Kier molecular flexibility index (Phi) is 10.1. The number of barbiturate groups is 1. The van der Waals surface area contributed by atoms with Crippen LogP contribution in [-0.2, 0) is 22.8 Å². The van der Waals surface area contributed by atoms with Crippen LogP contribution in [0.25, 0.3) is 16.8 Å². The van der Waals surface area contributed by atoms with E-state index in [1.54, 1.807) is 36.4 Å². The maximum atomic E-state index is 13.6. The Hall–Kier alpha value is -4.68. The number of anilines is 1. The van der Waals surface area contributed by atoms with E-state index in [1.165, 1.54) is 6.08 Å². The number of ether oxygens (including phenoxy) is 3. The minimum Gasteiger partial charge on any atom is -0.490 e. The highest BCUT2D eigenvalue weighted by Crippen LogP contribution is 2.37. The third-order valence-electron chi connectivity index (χ3n) is 7.79. The van der Waals surface area contributed by atoms with Gasteiger partial charge in [-0.1, -0.05) is 64.5 Å². The molecule has 5 aromatic carbocycles. The molecule has 242 valence electrons. The van der Waals surface area contributed by atoms with E-state index in [1.807, 2.05) is 43.3 Å². The molecule has 0 aliphatic carbocycles. The second-order valence-corrected chi connectivity index (χ2v) is 13.1. The van der Waals surface area contributed by atoms with Crippen molar-refractivity contribution in [3.8, 4) is 17.2 Å². The highest BCUT2D eigenvalue weighted by Gasteiger charge is 2.37. The van der Waals surface area contributed by atoms with E-state index < -0.39 is 17.8 Å². The number of urea groups is 1. The number of rotatable bonds is 10. The van der Waals surface area contributed by atoms with Crippen molar-refractivity contribution in [1.82, 2.24) is 5.32 Å². The summed E-state index contributed by atoms with van der Waals surface area (Å²) in [5.74, 6) is 0.0758. The first-order valence-corrected chi connectivity index (χ1v) is 17.0. The summed E-state index contributed by atoms with van der Waals surface area (Å²) in [4.78, 5) is 40.3. The van der Waals surface area contributed by atoms with E-state index >= 15 is 0 Å². The second kappa shape index (κ2) is 14.6. The number of nitrogens with one attached hydrogen (secondary N) is 1. The topological polar surface area (TPSA) is 94.2 Å². The molecule has 5 aromatic rings. The predicted octanol–water partition coefficient (Wildman–Crippen LogP) is 8.74. The molecule has 1 aliphatic rings. The summed E-state index contributed by atoms with van der Waals surface area (Å²) >= 11 is 5.58. The third-order valence-corrected chi connectivity index (χ3v) is 9.12. The fourth-order valence-corrected chi connectivity index (χ4v) is 6.40. The number of benzene rings is 5. The van der Waals surface area contributed by atoms with E-state index in [0.29, 0.717) is 48.3 Å². The molecule has 6 rings (SSSR count). The molecule has 48 heavy (non-hydrogen) atoms. The van der Waals surface area contributed by atoms with Gasteiger partial charge in [-0.15, -0.1) is 0 Å². The molecule has 1 aliphatic heterocycles. The summed E-state index contributed by atoms with van der Waals surface area (Å²) in [5, 5.41) is 4.54. The van der Waals surface area contributed by atoms with Gasteiger partial charge in [0.25, 0.3) is 11.8 Å². The first kappa shape index (κ1) is 33.2. The summed E-state index contributed by atoms with van der Waals surface area (Å²) < 4.78 is 19.9.